The van der Waals surface area contributed by atoms with Gasteiger partial charge in [0, 0.05) is 19.8 Å². The van der Waals surface area contributed by atoms with Gasteiger partial charge in [0.25, 0.3) is 0 Å². The first kappa shape index (κ1) is 22.8. The van der Waals surface area contributed by atoms with Crippen LogP contribution in [-0.4, -0.2) is 60.4 Å². The largest absolute Gasteiger partial charge is 0.495 e. The minimum atomic E-state index is -3.65. The molecule has 1 aromatic heterocycles. The number of ether oxygens (including phenoxy) is 1. The molecule has 3 rings (SSSR count). The van der Waals surface area contributed by atoms with E-state index in [1.165, 1.54) is 51.2 Å². The van der Waals surface area contributed by atoms with Crippen molar-refractivity contribution in [1.29, 1.82) is 0 Å². The molecule has 3 aromatic rings. The number of thioether (sulfide) groups is 1. The molecule has 1 heterocycles. The van der Waals surface area contributed by atoms with E-state index in [0.29, 0.717) is 16.7 Å². The molecule has 0 bridgehead atoms. The van der Waals surface area contributed by atoms with Crippen molar-refractivity contribution >= 4 is 33.4 Å². The first-order valence-corrected chi connectivity index (χ1v) is 11.7. The van der Waals surface area contributed by atoms with Gasteiger partial charge in [0.15, 0.2) is 5.16 Å². The summed E-state index contributed by atoms with van der Waals surface area (Å²) in [6, 6.07) is 13.9. The number of aromatic nitrogens is 3. The summed E-state index contributed by atoms with van der Waals surface area (Å²) in [5, 5.41) is 11.6. The number of benzene rings is 2. The Labute approximate surface area is 185 Å². The van der Waals surface area contributed by atoms with Crippen molar-refractivity contribution in [2.45, 2.75) is 17.0 Å². The highest BCUT2D eigenvalue weighted by Crippen LogP contribution is 2.29. The van der Waals surface area contributed by atoms with Crippen LogP contribution in [0.2, 0.25) is 0 Å². The van der Waals surface area contributed by atoms with Crippen LogP contribution in [0.1, 0.15) is 5.82 Å². The molecule has 0 unspecified atom stereocenters. The molecule has 1 amide bonds. The van der Waals surface area contributed by atoms with E-state index in [1.807, 2.05) is 41.8 Å². The summed E-state index contributed by atoms with van der Waals surface area (Å²) in [6.07, 6.45) is 0. The van der Waals surface area contributed by atoms with Crippen molar-refractivity contribution in [3.05, 3.63) is 54.4 Å². The molecule has 0 aliphatic rings. The maximum Gasteiger partial charge on any atom is 0.242 e. The number of nitrogens with one attached hydrogen (secondary N) is 1. The summed E-state index contributed by atoms with van der Waals surface area (Å²) in [5.74, 6) is 0.790. The predicted octanol–water partition coefficient (Wildman–Crippen LogP) is 2.57. The summed E-state index contributed by atoms with van der Waals surface area (Å²) < 4.78 is 33.0. The predicted molar refractivity (Wildman–Crippen MR) is 119 cm³/mol. The fraction of sp³-hybridized carbons (Fsp3) is 0.250. The van der Waals surface area contributed by atoms with Gasteiger partial charge < -0.3 is 10.1 Å². The first-order valence-electron chi connectivity index (χ1n) is 9.24. The molecule has 164 valence electrons. The van der Waals surface area contributed by atoms with Gasteiger partial charge in [0.2, 0.25) is 15.9 Å². The molecule has 0 spiro atoms. The minimum Gasteiger partial charge on any atom is -0.495 e. The SMILES string of the molecule is COc1ccc(S(=O)(=O)N(C)C)cc1NC(=O)CSc1nnc(C)n1-c1ccccc1. The van der Waals surface area contributed by atoms with Crippen molar-refractivity contribution in [3.63, 3.8) is 0 Å². The van der Waals surface area contributed by atoms with Crippen LogP contribution in [0.4, 0.5) is 5.69 Å². The number of para-hydroxylation sites is 1. The number of anilines is 1. The Bertz CT molecular complexity index is 1180. The molecular formula is C20H23N5O4S2. The van der Waals surface area contributed by atoms with Gasteiger partial charge in [-0.15, -0.1) is 10.2 Å². The van der Waals surface area contributed by atoms with E-state index in [9.17, 15) is 13.2 Å². The highest BCUT2D eigenvalue weighted by molar-refractivity contribution is 7.99. The zero-order valence-electron chi connectivity index (χ0n) is 17.6. The van der Waals surface area contributed by atoms with Crippen molar-refractivity contribution in [1.82, 2.24) is 19.1 Å². The van der Waals surface area contributed by atoms with Gasteiger partial charge >= 0.3 is 0 Å². The standard InChI is InChI=1S/C20H23N5O4S2/c1-14-22-23-20(25(14)15-8-6-5-7-9-15)30-13-19(26)21-17-12-16(10-11-18(17)29-4)31(27,28)24(2)3/h5-12H,13H2,1-4H3,(H,21,26). The van der Waals surface area contributed by atoms with E-state index in [-0.39, 0.29) is 22.2 Å². The average molecular weight is 462 g/mol. The number of rotatable bonds is 8. The molecule has 2 aromatic carbocycles. The van der Waals surface area contributed by atoms with Gasteiger partial charge in [-0.25, -0.2) is 12.7 Å². The Morgan fingerprint density at radius 2 is 1.87 bits per heavy atom. The highest BCUT2D eigenvalue weighted by atomic mass is 32.2. The summed E-state index contributed by atoms with van der Waals surface area (Å²) in [5.41, 5.74) is 1.17. The Hall–Kier alpha value is -2.89. The summed E-state index contributed by atoms with van der Waals surface area (Å²) in [7, 11) is 0.688. The second-order valence-electron chi connectivity index (χ2n) is 6.69. The van der Waals surface area contributed by atoms with Crippen LogP contribution in [0.3, 0.4) is 0 Å². The summed E-state index contributed by atoms with van der Waals surface area (Å²) in [6.45, 7) is 1.84. The molecule has 1 N–H and O–H groups in total. The number of sulfonamides is 1. The molecule has 0 saturated heterocycles. The molecule has 0 saturated carbocycles. The molecule has 0 radical (unpaired) electrons. The van der Waals surface area contributed by atoms with E-state index < -0.39 is 10.0 Å². The quantitative estimate of drug-likeness (QED) is 0.514. The topological polar surface area (TPSA) is 106 Å². The smallest absolute Gasteiger partial charge is 0.242 e. The molecule has 0 aliphatic carbocycles. The number of methoxy groups -OCH3 is 1. The zero-order chi connectivity index (χ0) is 22.6. The first-order chi connectivity index (χ1) is 14.7. The van der Waals surface area contributed by atoms with E-state index in [2.05, 4.69) is 15.5 Å². The molecule has 31 heavy (non-hydrogen) atoms. The van der Waals surface area contributed by atoms with Gasteiger partial charge in [0.1, 0.15) is 11.6 Å². The lowest BCUT2D eigenvalue weighted by Crippen LogP contribution is -2.22. The van der Waals surface area contributed by atoms with Crippen LogP contribution in [0.25, 0.3) is 5.69 Å². The van der Waals surface area contributed by atoms with E-state index in [4.69, 9.17) is 4.74 Å². The van der Waals surface area contributed by atoms with Crippen molar-refractivity contribution in [2.24, 2.45) is 0 Å². The lowest BCUT2D eigenvalue weighted by molar-refractivity contribution is -0.113. The molecule has 0 fully saturated rings. The average Bonchev–Trinajstić information content (AvgIpc) is 3.13. The van der Waals surface area contributed by atoms with Gasteiger partial charge in [-0.05, 0) is 37.3 Å². The Kier molecular flexibility index (Phi) is 6.98. The second kappa shape index (κ2) is 9.50. The number of carbonyl (C=O) groups excluding carboxylic acids is 1. The van der Waals surface area contributed by atoms with Crippen LogP contribution in [0.15, 0.2) is 58.6 Å². The van der Waals surface area contributed by atoms with Crippen LogP contribution in [-0.2, 0) is 14.8 Å². The Morgan fingerprint density at radius 3 is 2.52 bits per heavy atom. The van der Waals surface area contributed by atoms with Gasteiger partial charge in [-0.2, -0.15) is 0 Å². The maximum atomic E-state index is 12.6. The number of carbonyl (C=O) groups is 1. The monoisotopic (exact) mass is 461 g/mol. The number of amides is 1. The zero-order valence-corrected chi connectivity index (χ0v) is 19.2. The minimum absolute atomic E-state index is 0.0543. The van der Waals surface area contributed by atoms with Gasteiger partial charge in [0.05, 0.1) is 23.4 Å². The summed E-state index contributed by atoms with van der Waals surface area (Å²) >= 11 is 1.23. The highest BCUT2D eigenvalue weighted by Gasteiger charge is 2.20. The van der Waals surface area contributed by atoms with Crippen LogP contribution in [0, 0.1) is 6.92 Å². The van der Waals surface area contributed by atoms with Crippen molar-refractivity contribution in [2.75, 3.05) is 32.3 Å². The Morgan fingerprint density at radius 1 is 1.16 bits per heavy atom. The number of hydrogen-bond acceptors (Lipinski definition) is 7. The lowest BCUT2D eigenvalue weighted by atomic mass is 10.3. The second-order valence-corrected chi connectivity index (χ2v) is 9.78. The van der Waals surface area contributed by atoms with Gasteiger partial charge in [-0.3, -0.25) is 9.36 Å². The van der Waals surface area contributed by atoms with Gasteiger partial charge in [-0.1, -0.05) is 30.0 Å². The van der Waals surface area contributed by atoms with Crippen LogP contribution < -0.4 is 10.1 Å². The van der Waals surface area contributed by atoms with Crippen LogP contribution >= 0.6 is 11.8 Å². The van der Waals surface area contributed by atoms with Crippen molar-refractivity contribution in [3.8, 4) is 11.4 Å². The molecule has 0 atom stereocenters. The number of nitrogens with zero attached hydrogens (tertiary/aromatic N) is 4. The fourth-order valence-electron chi connectivity index (χ4n) is 2.78. The number of aryl methyl sites for hydroxylation is 1. The third-order valence-corrected chi connectivity index (χ3v) is 7.11. The van der Waals surface area contributed by atoms with E-state index in [1.54, 1.807) is 0 Å². The van der Waals surface area contributed by atoms with Crippen molar-refractivity contribution < 1.29 is 17.9 Å². The molecule has 0 aliphatic heterocycles. The Balaban J connectivity index is 1.77. The molecular weight excluding hydrogens is 438 g/mol. The maximum absolute atomic E-state index is 12.6. The lowest BCUT2D eigenvalue weighted by Gasteiger charge is -2.15. The van der Waals surface area contributed by atoms with E-state index >= 15 is 0 Å². The van der Waals surface area contributed by atoms with Crippen LogP contribution in [0.5, 0.6) is 5.75 Å². The third kappa shape index (κ3) is 5.06. The molecule has 9 nitrogen and oxygen atoms in total. The fourth-order valence-corrected chi connectivity index (χ4v) is 4.51. The normalized spacial score (nSPS) is 11.5. The number of hydrogen-bond donors (Lipinski definition) is 1. The van der Waals surface area contributed by atoms with E-state index in [0.717, 1.165) is 9.99 Å². The third-order valence-electron chi connectivity index (χ3n) is 4.37. The summed E-state index contributed by atoms with van der Waals surface area (Å²) in [4.78, 5) is 12.7. The molecule has 11 heteroatoms.